The minimum atomic E-state index is -0.306. The number of hydrogen-bond donors (Lipinski definition) is 3. The van der Waals surface area contributed by atoms with Crippen LogP contribution < -0.4 is 0 Å². The Morgan fingerprint density at radius 2 is 0.611 bits per heavy atom. The van der Waals surface area contributed by atoms with Crippen molar-refractivity contribution in [2.75, 3.05) is 0 Å². The van der Waals surface area contributed by atoms with Crippen molar-refractivity contribution in [3.63, 3.8) is 0 Å². The number of aliphatic hydroxyl groups is 3. The first-order chi connectivity index (χ1) is 58.9. The molecule has 126 heavy (non-hydrogen) atoms. The zero-order chi connectivity index (χ0) is 87.3. The molecule has 639 valence electrons. The zero-order valence-electron chi connectivity index (χ0n) is 73.4. The van der Waals surface area contributed by atoms with E-state index in [0.29, 0.717) is 0 Å². The van der Waals surface area contributed by atoms with Crippen LogP contribution in [0.15, 0.2) is 363 Å². The van der Waals surface area contributed by atoms with Gasteiger partial charge < -0.3 is 30.3 Å². The second-order valence-corrected chi connectivity index (χ2v) is 35.0. The maximum atomic E-state index is 9.60. The molecule has 0 bridgehead atoms. The van der Waals surface area contributed by atoms with Crippen molar-refractivity contribution in [3.8, 4) is 67.2 Å². The third-order valence-corrected chi connectivity index (χ3v) is 21.5. The van der Waals surface area contributed by atoms with Gasteiger partial charge in [-0.1, -0.05) is 300 Å². The van der Waals surface area contributed by atoms with Crippen molar-refractivity contribution in [1.29, 1.82) is 0 Å². The summed E-state index contributed by atoms with van der Waals surface area (Å²) in [5.74, 6) is 1.08. The Morgan fingerprint density at radius 1 is 0.278 bits per heavy atom. The fourth-order valence-corrected chi connectivity index (χ4v) is 14.5. The number of fused-ring (bicyclic) bond motifs is 12. The molecule has 3 heterocycles. The third-order valence-electron chi connectivity index (χ3n) is 21.5. The van der Waals surface area contributed by atoms with E-state index < -0.39 is 0 Å². The van der Waals surface area contributed by atoms with Gasteiger partial charge in [0.15, 0.2) is 0 Å². The number of aliphatic hydroxyl groups excluding tert-OH is 3. The molecule has 6 N–H and O–H groups in total. The van der Waals surface area contributed by atoms with Gasteiger partial charge in [-0.15, -0.1) is 95.1 Å². The van der Waals surface area contributed by atoms with Gasteiger partial charge in [-0.2, -0.15) is 0 Å². The van der Waals surface area contributed by atoms with Crippen LogP contribution in [0.3, 0.4) is 0 Å². The summed E-state index contributed by atoms with van der Waals surface area (Å²) in [6, 6.07) is 119. The van der Waals surface area contributed by atoms with E-state index in [9.17, 15) is 19.8 Å². The van der Waals surface area contributed by atoms with E-state index >= 15 is 0 Å². The standard InChI is InChI=1S/3C29H18N.2C11H20O2.C5H8O2.3Ir/c1-3-12-24-20(7-1)9-6-14-26(24)22-10-5-11-23(19-22)29-28-16-15-21-8-2-4-13-25(21)27(28)17-18-30-29;1-3-9-24-20(6-1)8-5-11-25(24)22-12-14-23(15-13-22)29-28-17-16-21-7-2-4-10-26(21)27(28)18-19-30-29;1-2-7-24-19-25(14-11-20(24)5-1)21-9-12-23(13-10-21)29-28-16-15-22-6-3-4-8-26(22)27(28)17-18-30-29;2*1-10(2,3)8(12)7-9(13)11(4,5)6;1-4(6)3-5(2)7;;;/h1-10,12-19H;1-14,16-19H;1-12,14-19H;2*7,12H,1-6H3;3,6H,1-2H3;;;/q3*-1;;;;;;/p+3. The number of nitrogens with zero attached hydrogens (tertiary/aromatic N) is 3. The van der Waals surface area contributed by atoms with Gasteiger partial charge in [0.25, 0.3) is 0 Å². The molecule has 18 aromatic rings. The van der Waals surface area contributed by atoms with Crippen LogP contribution in [0.4, 0.5) is 0 Å². The van der Waals surface area contributed by atoms with E-state index in [1.54, 1.807) is 0 Å². The SMILES string of the molecule is CC(=[OH+])C=C(C)O.CC(C)(C)C(=[OH+])C=C(O)C(C)(C)C.CC(C)(C)C(=[OH+])C=C(O)C(C)(C)C.[Ir].[Ir].[Ir].[c-]1cc(-c2ccc3ccccc3c2)ccc1-c1nccc2c1ccc1ccccc12.[c-]1cc(-c2cccc3ccccc23)ccc1-c1nccc2c1ccc1ccccc12.[c-]1ccc(-c2cccc3ccccc23)cc1-c1nccc2c1ccc1ccccc12. The first-order valence-corrected chi connectivity index (χ1v) is 41.5. The molecule has 18 rings (SSSR count). The smallest absolute Gasteiger partial charge is 0.325 e. The van der Waals surface area contributed by atoms with Gasteiger partial charge in [-0.3, -0.25) is 14.4 Å². The van der Waals surface area contributed by atoms with E-state index in [-0.39, 0.29) is 117 Å². The molecule has 3 radical (unpaired) electrons. The molecule has 0 aliphatic carbocycles. The quantitative estimate of drug-likeness (QED) is 0.0428. The van der Waals surface area contributed by atoms with E-state index in [1.807, 2.05) is 108 Å². The number of pyridine rings is 3. The maximum absolute atomic E-state index is 9.60. The Bertz CT molecular complexity index is 6970. The van der Waals surface area contributed by atoms with Crippen molar-refractivity contribution < 1.29 is 90.0 Å². The molecule has 0 fully saturated rings. The zero-order valence-corrected chi connectivity index (χ0v) is 80.6. The fraction of sp³-hybridized carbons (Fsp3) is 0.158. The van der Waals surface area contributed by atoms with Gasteiger partial charge in [0.1, 0.15) is 11.5 Å². The van der Waals surface area contributed by atoms with Crippen molar-refractivity contribution in [3.05, 3.63) is 382 Å². The summed E-state index contributed by atoms with van der Waals surface area (Å²) in [6.07, 6.45) is 9.87. The van der Waals surface area contributed by atoms with Gasteiger partial charge in [0.05, 0.1) is 41.7 Å². The van der Waals surface area contributed by atoms with Gasteiger partial charge in [0, 0.05) is 89.7 Å². The molecule has 15 aromatic carbocycles. The predicted molar refractivity (Wildman–Crippen MR) is 522 cm³/mol. The number of allylic oxidation sites excluding steroid dienone is 6. The third kappa shape index (κ3) is 23.4. The van der Waals surface area contributed by atoms with Crippen LogP contribution in [0.25, 0.3) is 164 Å². The average molecular weight is 2190 g/mol. The first kappa shape index (κ1) is 95.9. The molecule has 12 heteroatoms. The van der Waals surface area contributed by atoms with Crippen LogP contribution >= 0.6 is 0 Å². The second-order valence-electron chi connectivity index (χ2n) is 35.0. The molecule has 9 nitrogen and oxygen atoms in total. The first-order valence-electron chi connectivity index (χ1n) is 41.5. The minimum Gasteiger partial charge on any atom is -0.512 e. The normalized spacial score (nSPS) is 11.7. The van der Waals surface area contributed by atoms with Crippen molar-refractivity contribution in [2.45, 2.75) is 96.9 Å². The molecule has 0 saturated heterocycles. The van der Waals surface area contributed by atoms with Gasteiger partial charge in [-0.05, 0) is 186 Å². The Morgan fingerprint density at radius 3 is 0.976 bits per heavy atom. The number of carbonyl (C=O) groups excluding carboxylic acids is 3. The molecule has 0 aliphatic rings. The van der Waals surface area contributed by atoms with Crippen LogP contribution in [0, 0.1) is 39.9 Å². The van der Waals surface area contributed by atoms with Crippen LogP contribution in [0.2, 0.25) is 0 Å². The minimum absolute atomic E-state index is 0. The van der Waals surface area contributed by atoms with E-state index in [2.05, 4.69) is 322 Å². The Kier molecular flexibility index (Phi) is 32.0. The number of rotatable bonds is 9. The molecule has 0 aliphatic heterocycles. The summed E-state index contributed by atoms with van der Waals surface area (Å²) in [7, 11) is 0. The van der Waals surface area contributed by atoms with Gasteiger partial charge >= 0.3 is 17.3 Å². The Balaban J connectivity index is 0.000000166. The molecule has 3 aromatic heterocycles. The molecular weight excluding hydrogens is 2080 g/mol. The topological polar surface area (TPSA) is 164 Å². The Hall–Kier alpha value is -12.3. The molecule has 0 unspecified atom stereocenters. The van der Waals surface area contributed by atoms with Gasteiger partial charge in [-0.25, -0.2) is 0 Å². The fourth-order valence-electron chi connectivity index (χ4n) is 14.5. The number of aromatic nitrogens is 3. The maximum Gasteiger partial charge on any atom is 0.325 e. The van der Waals surface area contributed by atoms with E-state index in [0.717, 1.165) is 55.5 Å². The van der Waals surface area contributed by atoms with Crippen molar-refractivity contribution in [1.82, 2.24) is 15.0 Å². The average Bonchev–Trinajstić information content (AvgIpc) is 0.774. The molecule has 0 spiro atoms. The molecule has 0 amide bonds. The summed E-state index contributed by atoms with van der Waals surface area (Å²) >= 11 is 0. The van der Waals surface area contributed by atoms with Crippen LogP contribution in [-0.4, -0.2) is 62.0 Å². The van der Waals surface area contributed by atoms with E-state index in [4.69, 9.17) is 24.9 Å². The summed E-state index contributed by atoms with van der Waals surface area (Å²) in [6.45, 7) is 25.8. The van der Waals surface area contributed by atoms with Crippen LogP contribution in [0.5, 0.6) is 0 Å². The summed E-state index contributed by atoms with van der Waals surface area (Å²) in [5.41, 5.74) is 11.9. The second kappa shape index (κ2) is 42.1. The number of benzene rings is 15. The van der Waals surface area contributed by atoms with Crippen LogP contribution in [0.1, 0.15) is 96.9 Å². The Labute approximate surface area is 780 Å². The van der Waals surface area contributed by atoms with Gasteiger partial charge in [0.2, 0.25) is 0 Å². The summed E-state index contributed by atoms with van der Waals surface area (Å²) in [5, 5.41) is 49.8. The largest absolute Gasteiger partial charge is 0.512 e. The predicted octanol–water partition coefficient (Wildman–Crippen LogP) is 30.2. The summed E-state index contributed by atoms with van der Waals surface area (Å²) < 4.78 is 0. The van der Waals surface area contributed by atoms with Crippen molar-refractivity contribution >= 4 is 114 Å². The monoisotopic (exact) mass is 2190 g/mol. The van der Waals surface area contributed by atoms with Crippen molar-refractivity contribution in [2.24, 2.45) is 21.7 Å². The number of ketones is 3. The molecular formula is C114H105Ir3N3O6. The van der Waals surface area contributed by atoms with E-state index in [1.165, 1.54) is 141 Å². The molecule has 0 atom stereocenters. The molecule has 0 saturated carbocycles. The number of hydrogen-bond acceptors (Lipinski definition) is 6. The van der Waals surface area contributed by atoms with Crippen LogP contribution in [-0.2, 0) is 60.3 Å². The summed E-state index contributed by atoms with van der Waals surface area (Å²) in [4.78, 5) is 41.8.